The van der Waals surface area contributed by atoms with Crippen molar-refractivity contribution in [1.82, 2.24) is 10.6 Å². The standard InChI is InChI=1S/C19H19N3O7/c1-28-19(25)21-16(11-13-5-3-2-4-6-13)18(24)20-12-17(23)29-15-9-7-14(8-10-15)22(26)27/h2-10,16H,11-12H2,1H3,(H,20,24)(H,21,25)/t16-/m0/s1. The third-order valence-corrected chi connectivity index (χ3v) is 3.76. The summed E-state index contributed by atoms with van der Waals surface area (Å²) >= 11 is 0. The normalized spacial score (nSPS) is 11.1. The van der Waals surface area contributed by atoms with Crippen molar-refractivity contribution < 1.29 is 28.8 Å². The van der Waals surface area contributed by atoms with Crippen molar-refractivity contribution in [3.8, 4) is 5.75 Å². The summed E-state index contributed by atoms with van der Waals surface area (Å²) in [7, 11) is 1.17. The van der Waals surface area contributed by atoms with Gasteiger partial charge in [-0.15, -0.1) is 0 Å². The van der Waals surface area contributed by atoms with Crippen LogP contribution in [0.1, 0.15) is 5.56 Å². The number of hydrogen-bond donors (Lipinski definition) is 2. The molecule has 0 saturated heterocycles. The lowest BCUT2D eigenvalue weighted by Crippen LogP contribution is -2.49. The minimum atomic E-state index is -0.961. The van der Waals surface area contributed by atoms with Crippen LogP contribution in [0.15, 0.2) is 54.6 Å². The molecule has 10 nitrogen and oxygen atoms in total. The molecule has 0 fully saturated rings. The van der Waals surface area contributed by atoms with Gasteiger partial charge >= 0.3 is 12.1 Å². The van der Waals surface area contributed by atoms with Crippen LogP contribution in [0.3, 0.4) is 0 Å². The molecule has 0 saturated carbocycles. The number of rotatable bonds is 8. The number of methoxy groups -OCH3 is 1. The van der Waals surface area contributed by atoms with E-state index in [1.807, 2.05) is 6.07 Å². The molecule has 0 radical (unpaired) electrons. The maximum absolute atomic E-state index is 12.4. The van der Waals surface area contributed by atoms with E-state index in [1.54, 1.807) is 24.3 Å². The second kappa shape index (κ2) is 10.4. The van der Waals surface area contributed by atoms with Crippen molar-refractivity contribution in [3.63, 3.8) is 0 Å². The molecule has 1 atom stereocenters. The van der Waals surface area contributed by atoms with Crippen LogP contribution >= 0.6 is 0 Å². The molecule has 0 heterocycles. The van der Waals surface area contributed by atoms with Crippen molar-refractivity contribution in [2.24, 2.45) is 0 Å². The van der Waals surface area contributed by atoms with Crippen LogP contribution in [-0.2, 0) is 20.7 Å². The third kappa shape index (κ3) is 6.94. The fraction of sp³-hybridized carbons (Fsp3) is 0.211. The molecule has 152 valence electrons. The molecule has 2 aromatic rings. The number of alkyl carbamates (subject to hydrolysis) is 1. The molecular formula is C19H19N3O7. The predicted octanol–water partition coefficient (Wildman–Crippen LogP) is 1.58. The molecule has 0 aliphatic rings. The van der Waals surface area contributed by atoms with Crippen LogP contribution in [0.25, 0.3) is 0 Å². The van der Waals surface area contributed by atoms with E-state index >= 15 is 0 Å². The van der Waals surface area contributed by atoms with Gasteiger partial charge in [0, 0.05) is 18.6 Å². The maximum Gasteiger partial charge on any atom is 0.407 e. The number of esters is 1. The molecule has 0 aromatic heterocycles. The number of amides is 2. The Balaban J connectivity index is 1.92. The summed E-state index contributed by atoms with van der Waals surface area (Å²) in [6, 6.07) is 13.0. The number of nitro groups is 1. The molecule has 0 aliphatic carbocycles. The molecule has 10 heteroatoms. The number of ether oxygens (including phenoxy) is 2. The van der Waals surface area contributed by atoms with Gasteiger partial charge in [-0.3, -0.25) is 14.9 Å². The van der Waals surface area contributed by atoms with Crippen molar-refractivity contribution >= 4 is 23.7 Å². The lowest BCUT2D eigenvalue weighted by atomic mass is 10.1. The smallest absolute Gasteiger partial charge is 0.407 e. The second-order valence-electron chi connectivity index (χ2n) is 5.82. The molecule has 0 unspecified atom stereocenters. The average Bonchev–Trinajstić information content (AvgIpc) is 2.72. The summed E-state index contributed by atoms with van der Waals surface area (Å²) in [5.74, 6) is -1.27. The van der Waals surface area contributed by atoms with Crippen molar-refractivity contribution in [3.05, 3.63) is 70.3 Å². The first-order valence-corrected chi connectivity index (χ1v) is 8.50. The van der Waals surface area contributed by atoms with Crippen molar-refractivity contribution in [2.75, 3.05) is 13.7 Å². The quantitative estimate of drug-likeness (QED) is 0.296. The van der Waals surface area contributed by atoms with Gasteiger partial charge in [0.25, 0.3) is 5.69 Å². The molecule has 2 rings (SSSR count). The zero-order chi connectivity index (χ0) is 21.2. The number of nitrogens with zero attached hydrogens (tertiary/aromatic N) is 1. The highest BCUT2D eigenvalue weighted by atomic mass is 16.6. The monoisotopic (exact) mass is 401 g/mol. The highest BCUT2D eigenvalue weighted by molar-refractivity contribution is 5.88. The molecule has 2 aromatic carbocycles. The Morgan fingerprint density at radius 1 is 1.07 bits per heavy atom. The average molecular weight is 401 g/mol. The van der Waals surface area contributed by atoms with Gasteiger partial charge in [0.1, 0.15) is 18.3 Å². The molecular weight excluding hydrogens is 382 g/mol. The molecule has 0 bridgehead atoms. The molecule has 0 aliphatic heterocycles. The highest BCUT2D eigenvalue weighted by Crippen LogP contribution is 2.17. The number of hydrogen-bond acceptors (Lipinski definition) is 7. The first-order chi connectivity index (χ1) is 13.9. The number of benzene rings is 2. The van der Waals surface area contributed by atoms with E-state index in [-0.39, 0.29) is 17.9 Å². The minimum absolute atomic E-state index is 0.100. The zero-order valence-electron chi connectivity index (χ0n) is 15.5. The Labute approximate surface area is 166 Å². The maximum atomic E-state index is 12.4. The minimum Gasteiger partial charge on any atom is -0.453 e. The lowest BCUT2D eigenvalue weighted by Gasteiger charge is -2.17. The van der Waals surface area contributed by atoms with Crippen LogP contribution in [0.4, 0.5) is 10.5 Å². The summed E-state index contributed by atoms with van der Waals surface area (Å²) < 4.78 is 9.54. The van der Waals surface area contributed by atoms with Gasteiger partial charge in [0.05, 0.1) is 12.0 Å². The van der Waals surface area contributed by atoms with Crippen LogP contribution in [0.2, 0.25) is 0 Å². The Kier molecular flexibility index (Phi) is 7.66. The number of carbonyl (C=O) groups is 3. The van der Waals surface area contributed by atoms with E-state index in [0.717, 1.165) is 5.56 Å². The summed E-state index contributed by atoms with van der Waals surface area (Å²) in [5.41, 5.74) is 0.660. The summed E-state index contributed by atoms with van der Waals surface area (Å²) in [6.45, 7) is -0.454. The fourth-order valence-electron chi connectivity index (χ4n) is 2.35. The summed E-state index contributed by atoms with van der Waals surface area (Å²) in [5, 5.41) is 15.4. The zero-order valence-corrected chi connectivity index (χ0v) is 15.5. The van der Waals surface area contributed by atoms with Gasteiger partial charge in [-0.25, -0.2) is 9.59 Å². The first-order valence-electron chi connectivity index (χ1n) is 8.50. The number of nitro benzene ring substituents is 1. The Hall–Kier alpha value is -3.95. The van der Waals surface area contributed by atoms with Gasteiger partial charge in [-0.2, -0.15) is 0 Å². The van der Waals surface area contributed by atoms with Gasteiger partial charge in [0.2, 0.25) is 5.91 Å². The van der Waals surface area contributed by atoms with E-state index < -0.39 is 35.5 Å². The second-order valence-corrected chi connectivity index (χ2v) is 5.82. The topological polar surface area (TPSA) is 137 Å². The number of carbonyl (C=O) groups excluding carboxylic acids is 3. The predicted molar refractivity (Wildman–Crippen MR) is 101 cm³/mol. The fourth-order valence-corrected chi connectivity index (χ4v) is 2.35. The lowest BCUT2D eigenvalue weighted by molar-refractivity contribution is -0.384. The summed E-state index contributed by atoms with van der Waals surface area (Å²) in [6.07, 6.45) is -0.589. The highest BCUT2D eigenvalue weighted by Gasteiger charge is 2.22. The first kappa shape index (κ1) is 21.4. The van der Waals surface area contributed by atoms with Gasteiger partial charge in [0.15, 0.2) is 0 Å². The van der Waals surface area contributed by atoms with Gasteiger partial charge in [-0.05, 0) is 17.7 Å². The van der Waals surface area contributed by atoms with Crippen LogP contribution < -0.4 is 15.4 Å². The SMILES string of the molecule is COC(=O)N[C@@H](Cc1ccccc1)C(=O)NCC(=O)Oc1ccc([N+](=O)[O-])cc1. The Morgan fingerprint density at radius 3 is 2.31 bits per heavy atom. The van der Waals surface area contributed by atoms with Crippen LogP contribution in [0.5, 0.6) is 5.75 Å². The molecule has 2 N–H and O–H groups in total. The van der Waals surface area contributed by atoms with E-state index in [9.17, 15) is 24.5 Å². The van der Waals surface area contributed by atoms with Crippen molar-refractivity contribution in [2.45, 2.75) is 12.5 Å². The van der Waals surface area contributed by atoms with Gasteiger partial charge in [-0.1, -0.05) is 30.3 Å². The van der Waals surface area contributed by atoms with Gasteiger partial charge < -0.3 is 20.1 Å². The molecule has 2 amide bonds. The summed E-state index contributed by atoms with van der Waals surface area (Å²) in [4.78, 5) is 45.9. The Morgan fingerprint density at radius 2 is 1.72 bits per heavy atom. The number of nitrogens with one attached hydrogen (secondary N) is 2. The van der Waals surface area contributed by atoms with E-state index in [2.05, 4.69) is 15.4 Å². The molecule has 29 heavy (non-hydrogen) atoms. The third-order valence-electron chi connectivity index (χ3n) is 3.76. The van der Waals surface area contributed by atoms with E-state index in [0.29, 0.717) is 0 Å². The molecule has 0 spiro atoms. The van der Waals surface area contributed by atoms with E-state index in [1.165, 1.54) is 31.4 Å². The number of non-ortho nitro benzene ring substituents is 1. The van der Waals surface area contributed by atoms with Crippen LogP contribution in [0, 0.1) is 10.1 Å². The Bertz CT molecular complexity index is 869. The van der Waals surface area contributed by atoms with Crippen LogP contribution in [-0.4, -0.2) is 42.6 Å². The van der Waals surface area contributed by atoms with E-state index in [4.69, 9.17) is 4.74 Å². The largest absolute Gasteiger partial charge is 0.453 e. The van der Waals surface area contributed by atoms with Crippen molar-refractivity contribution in [1.29, 1.82) is 0 Å².